The maximum absolute atomic E-state index is 9.75. The van der Waals surface area contributed by atoms with E-state index in [0.29, 0.717) is 0 Å². The summed E-state index contributed by atoms with van der Waals surface area (Å²) in [6.07, 6.45) is 4.35. The molecule has 15 heavy (non-hydrogen) atoms. The van der Waals surface area contributed by atoms with Crippen molar-refractivity contribution in [3.63, 3.8) is 0 Å². The van der Waals surface area contributed by atoms with Crippen molar-refractivity contribution in [2.45, 2.75) is 38.7 Å². The first-order valence-electron chi connectivity index (χ1n) is 5.74. The van der Waals surface area contributed by atoms with Crippen molar-refractivity contribution in [2.75, 3.05) is 0 Å². The lowest BCUT2D eigenvalue weighted by molar-refractivity contribution is 0.225. The lowest BCUT2D eigenvalue weighted by Gasteiger charge is -2.22. The summed E-state index contributed by atoms with van der Waals surface area (Å²) in [5.74, 6) is 0. The van der Waals surface area contributed by atoms with Crippen LogP contribution >= 0.6 is 0 Å². The van der Waals surface area contributed by atoms with E-state index in [-0.39, 0.29) is 6.10 Å². The van der Waals surface area contributed by atoms with E-state index in [1.807, 2.05) is 13.0 Å². The highest BCUT2D eigenvalue weighted by Crippen LogP contribution is 2.33. The number of hydrogen-bond acceptors (Lipinski definition) is 1. The van der Waals surface area contributed by atoms with Gasteiger partial charge >= 0.3 is 0 Å². The van der Waals surface area contributed by atoms with E-state index in [1.54, 1.807) is 0 Å². The molecule has 1 aromatic carbocycles. The molecule has 1 atom stereocenters. The maximum atomic E-state index is 9.75. The molecule has 0 bridgehead atoms. The quantitative estimate of drug-likeness (QED) is 0.779. The average Bonchev–Trinajstić information content (AvgIpc) is 2.30. The molecule has 0 fully saturated rings. The minimum absolute atomic E-state index is 0.291. The van der Waals surface area contributed by atoms with Crippen LogP contribution in [0.5, 0.6) is 0 Å². The van der Waals surface area contributed by atoms with Gasteiger partial charge in [-0.1, -0.05) is 30.3 Å². The van der Waals surface area contributed by atoms with Gasteiger partial charge in [0.1, 0.15) is 0 Å². The minimum Gasteiger partial charge on any atom is -0.389 e. The zero-order chi connectivity index (χ0) is 10.7. The lowest BCUT2D eigenvalue weighted by Crippen LogP contribution is -2.11. The summed E-state index contributed by atoms with van der Waals surface area (Å²) in [4.78, 5) is 0. The van der Waals surface area contributed by atoms with Gasteiger partial charge in [0, 0.05) is 0 Å². The van der Waals surface area contributed by atoms with Crippen molar-refractivity contribution in [3.05, 3.63) is 41.5 Å². The molecule has 0 heterocycles. The second kappa shape index (κ2) is 4.63. The third kappa shape index (κ3) is 2.29. The van der Waals surface area contributed by atoms with Crippen LogP contribution in [0, 0.1) is 0 Å². The van der Waals surface area contributed by atoms with Gasteiger partial charge in [-0.2, -0.15) is 0 Å². The number of allylic oxidation sites excluding steroid dienone is 1. The number of aliphatic hydroxyl groups excluding tert-OH is 1. The molecular weight excluding hydrogens is 184 g/mol. The Morgan fingerprint density at radius 3 is 2.40 bits per heavy atom. The molecule has 1 N–H and O–H groups in total. The van der Waals surface area contributed by atoms with Crippen LogP contribution in [0.2, 0.25) is 0 Å². The van der Waals surface area contributed by atoms with Gasteiger partial charge in [0.05, 0.1) is 6.10 Å². The maximum Gasteiger partial charge on any atom is 0.0727 e. The van der Waals surface area contributed by atoms with E-state index >= 15 is 0 Å². The molecular formula is C14H18O. The molecule has 0 saturated heterocycles. The molecule has 0 saturated carbocycles. The van der Waals surface area contributed by atoms with Crippen LogP contribution in [0.1, 0.15) is 38.2 Å². The molecule has 1 aliphatic carbocycles. The number of aliphatic hydroxyl groups is 1. The highest BCUT2D eigenvalue weighted by atomic mass is 16.3. The summed E-state index contributed by atoms with van der Waals surface area (Å²) in [5, 5.41) is 9.75. The van der Waals surface area contributed by atoms with Crippen molar-refractivity contribution < 1.29 is 5.11 Å². The van der Waals surface area contributed by atoms with Gasteiger partial charge in [-0.15, -0.1) is 0 Å². The zero-order valence-corrected chi connectivity index (χ0v) is 9.24. The molecule has 1 nitrogen and oxygen atoms in total. The number of hydrogen-bond donors (Lipinski definition) is 1. The summed E-state index contributed by atoms with van der Waals surface area (Å²) in [6.45, 7) is 1.88. The van der Waals surface area contributed by atoms with Gasteiger partial charge < -0.3 is 5.11 Å². The molecule has 1 aromatic rings. The standard InChI is InChI=1S/C14H18O/c1-11(15)13-9-5-6-10-14(13)12-7-3-2-4-8-12/h2-4,7-8,11,15H,5-6,9-10H2,1H3/t11-/m1/s1. The van der Waals surface area contributed by atoms with Gasteiger partial charge in [0.25, 0.3) is 0 Å². The number of rotatable bonds is 2. The predicted molar refractivity (Wildman–Crippen MR) is 63.5 cm³/mol. The summed E-state index contributed by atoms with van der Waals surface area (Å²) in [7, 11) is 0. The van der Waals surface area contributed by atoms with E-state index in [1.165, 1.54) is 29.6 Å². The van der Waals surface area contributed by atoms with Gasteiger partial charge in [0.2, 0.25) is 0 Å². The topological polar surface area (TPSA) is 20.2 Å². The van der Waals surface area contributed by atoms with E-state index in [4.69, 9.17) is 0 Å². The highest BCUT2D eigenvalue weighted by Gasteiger charge is 2.17. The van der Waals surface area contributed by atoms with E-state index in [0.717, 1.165) is 12.8 Å². The van der Waals surface area contributed by atoms with Crippen molar-refractivity contribution in [1.82, 2.24) is 0 Å². The molecule has 80 valence electrons. The lowest BCUT2D eigenvalue weighted by atomic mass is 9.85. The molecule has 0 aliphatic heterocycles. The Balaban J connectivity index is 2.39. The zero-order valence-electron chi connectivity index (χ0n) is 9.24. The molecule has 0 unspecified atom stereocenters. The molecule has 1 heteroatoms. The number of benzene rings is 1. The fourth-order valence-electron chi connectivity index (χ4n) is 2.36. The average molecular weight is 202 g/mol. The molecule has 0 radical (unpaired) electrons. The highest BCUT2D eigenvalue weighted by molar-refractivity contribution is 5.70. The third-order valence-electron chi connectivity index (χ3n) is 3.14. The first-order chi connectivity index (χ1) is 7.29. The molecule has 0 spiro atoms. The van der Waals surface area contributed by atoms with Gasteiger partial charge in [0.15, 0.2) is 0 Å². The van der Waals surface area contributed by atoms with E-state index in [9.17, 15) is 5.11 Å². The van der Waals surface area contributed by atoms with Crippen LogP contribution in [0.3, 0.4) is 0 Å². The van der Waals surface area contributed by atoms with E-state index in [2.05, 4.69) is 24.3 Å². The Hall–Kier alpha value is -1.08. The van der Waals surface area contributed by atoms with Crippen molar-refractivity contribution in [2.24, 2.45) is 0 Å². The summed E-state index contributed by atoms with van der Waals surface area (Å²) < 4.78 is 0. The van der Waals surface area contributed by atoms with Crippen LogP contribution < -0.4 is 0 Å². The Kier molecular flexibility index (Phi) is 3.22. The van der Waals surface area contributed by atoms with Crippen molar-refractivity contribution in [1.29, 1.82) is 0 Å². The van der Waals surface area contributed by atoms with Crippen LogP contribution in [-0.4, -0.2) is 11.2 Å². The Morgan fingerprint density at radius 1 is 1.07 bits per heavy atom. The van der Waals surface area contributed by atoms with Crippen LogP contribution in [0.25, 0.3) is 5.57 Å². The molecule has 1 aliphatic rings. The normalized spacial score (nSPS) is 19.1. The third-order valence-corrected chi connectivity index (χ3v) is 3.14. The van der Waals surface area contributed by atoms with Crippen LogP contribution in [0.15, 0.2) is 35.9 Å². The smallest absolute Gasteiger partial charge is 0.0727 e. The SMILES string of the molecule is C[C@@H](O)C1=C(c2ccccc2)CCCC1. The molecule has 0 amide bonds. The monoisotopic (exact) mass is 202 g/mol. The molecule has 2 rings (SSSR count). The second-order valence-corrected chi connectivity index (χ2v) is 4.25. The van der Waals surface area contributed by atoms with Gasteiger partial charge in [-0.3, -0.25) is 0 Å². The van der Waals surface area contributed by atoms with Gasteiger partial charge in [-0.05, 0) is 49.3 Å². The Bertz CT molecular complexity index is 349. The van der Waals surface area contributed by atoms with Crippen LogP contribution in [-0.2, 0) is 0 Å². The Morgan fingerprint density at radius 2 is 1.73 bits per heavy atom. The summed E-state index contributed by atoms with van der Waals surface area (Å²) in [6, 6.07) is 10.5. The summed E-state index contributed by atoms with van der Waals surface area (Å²) >= 11 is 0. The second-order valence-electron chi connectivity index (χ2n) is 4.25. The van der Waals surface area contributed by atoms with Crippen molar-refractivity contribution in [3.8, 4) is 0 Å². The molecule has 0 aromatic heterocycles. The predicted octanol–water partition coefficient (Wildman–Crippen LogP) is 3.40. The fourth-order valence-corrected chi connectivity index (χ4v) is 2.36. The fraction of sp³-hybridized carbons (Fsp3) is 0.429. The first-order valence-corrected chi connectivity index (χ1v) is 5.74. The minimum atomic E-state index is -0.291. The first kappa shape index (κ1) is 10.4. The van der Waals surface area contributed by atoms with Crippen molar-refractivity contribution >= 4 is 5.57 Å². The largest absolute Gasteiger partial charge is 0.389 e. The van der Waals surface area contributed by atoms with Crippen LogP contribution in [0.4, 0.5) is 0 Å². The van der Waals surface area contributed by atoms with E-state index < -0.39 is 0 Å². The van der Waals surface area contributed by atoms with Gasteiger partial charge in [-0.25, -0.2) is 0 Å². The Labute approximate surface area is 91.4 Å². The summed E-state index contributed by atoms with van der Waals surface area (Å²) in [5.41, 5.74) is 3.90.